The first-order chi connectivity index (χ1) is 23.8. The fourth-order valence-corrected chi connectivity index (χ4v) is 7.72. The van der Waals surface area contributed by atoms with Crippen molar-refractivity contribution in [3.63, 3.8) is 0 Å². The van der Waals surface area contributed by atoms with Gasteiger partial charge >= 0.3 is 6.18 Å². The number of nitrogens with one attached hydrogen (secondary N) is 1. The summed E-state index contributed by atoms with van der Waals surface area (Å²) >= 11 is 0. The third-order valence-electron chi connectivity index (χ3n) is 9.01. The fourth-order valence-electron chi connectivity index (χ4n) is 6.31. The molecule has 1 aliphatic rings. The zero-order valence-electron chi connectivity index (χ0n) is 28.2. The van der Waals surface area contributed by atoms with Crippen molar-refractivity contribution in [2.45, 2.75) is 82.1 Å². The zero-order valence-corrected chi connectivity index (χ0v) is 29.0. The predicted molar refractivity (Wildman–Crippen MR) is 188 cm³/mol. The molecule has 0 saturated heterocycles. The molecule has 0 radical (unpaired) electrons. The monoisotopic (exact) mass is 705 g/mol. The van der Waals surface area contributed by atoms with Gasteiger partial charge in [-0.15, -0.1) is 0 Å². The molecule has 1 fully saturated rings. The minimum atomic E-state index is -4.76. The number of anilines is 1. The Labute approximate surface area is 292 Å². The second-order valence-electron chi connectivity index (χ2n) is 12.9. The normalized spacial score (nSPS) is 14.5. The van der Waals surface area contributed by atoms with E-state index < -0.39 is 40.3 Å². The van der Waals surface area contributed by atoms with E-state index in [0.717, 1.165) is 67.0 Å². The van der Waals surface area contributed by atoms with Crippen LogP contribution in [-0.2, 0) is 38.8 Å². The van der Waals surface area contributed by atoms with Gasteiger partial charge in [-0.3, -0.25) is 13.9 Å². The Kier molecular flexibility index (Phi) is 11.7. The van der Waals surface area contributed by atoms with E-state index >= 15 is 0 Å². The first-order valence-corrected chi connectivity index (χ1v) is 18.2. The van der Waals surface area contributed by atoms with Crippen LogP contribution in [0.1, 0.15) is 59.9 Å². The molecule has 4 aromatic carbocycles. The number of hydrogen-bond acceptors (Lipinski definition) is 4. The third kappa shape index (κ3) is 9.32. The standard InChI is InChI=1S/C39H42F3N3O4S/c1-28-19-21-35(22-20-28)50(48,49)45(34-18-10-15-32(25-34)39(40,41)42)27-37(46)44(26-31-14-9-11-29(2)23-31)36(24-30-12-5-3-6-13-30)38(47)43-33-16-7-4-8-17-33/h3,5-6,9-15,18-23,25,33,36H,4,7-8,16-17,24,26-27H2,1-2H3,(H,43,47). The van der Waals surface area contributed by atoms with Crippen LogP contribution >= 0.6 is 0 Å². The average molecular weight is 706 g/mol. The summed E-state index contributed by atoms with van der Waals surface area (Å²) in [6, 6.07) is 25.3. The summed E-state index contributed by atoms with van der Waals surface area (Å²) in [6.07, 6.45) is 0.0475. The van der Waals surface area contributed by atoms with Crippen LogP contribution in [0.25, 0.3) is 0 Å². The van der Waals surface area contributed by atoms with Crippen LogP contribution in [0.15, 0.2) is 108 Å². The largest absolute Gasteiger partial charge is 0.416 e. The van der Waals surface area contributed by atoms with Crippen molar-refractivity contribution in [3.05, 3.63) is 131 Å². The third-order valence-corrected chi connectivity index (χ3v) is 10.8. The van der Waals surface area contributed by atoms with Crippen molar-refractivity contribution >= 4 is 27.5 Å². The Morgan fingerprint density at radius 2 is 1.46 bits per heavy atom. The number of alkyl halides is 3. The van der Waals surface area contributed by atoms with Crippen LogP contribution in [0.2, 0.25) is 0 Å². The topological polar surface area (TPSA) is 86.8 Å². The van der Waals surface area contributed by atoms with Gasteiger partial charge in [0.15, 0.2) is 0 Å². The van der Waals surface area contributed by atoms with Crippen molar-refractivity contribution in [2.24, 2.45) is 0 Å². The van der Waals surface area contributed by atoms with Crippen molar-refractivity contribution < 1.29 is 31.2 Å². The first-order valence-electron chi connectivity index (χ1n) is 16.8. The smallest absolute Gasteiger partial charge is 0.352 e. The number of benzene rings is 4. The molecule has 1 unspecified atom stereocenters. The SMILES string of the molecule is Cc1ccc(S(=O)(=O)N(CC(=O)N(Cc2cccc(C)c2)C(Cc2ccccc2)C(=O)NC2CCCCC2)c2cccc(C(F)(F)F)c2)cc1. The van der Waals surface area contributed by atoms with Crippen LogP contribution in [0.3, 0.4) is 0 Å². The lowest BCUT2D eigenvalue weighted by molar-refractivity contribution is -0.140. The molecular formula is C39H42F3N3O4S. The van der Waals surface area contributed by atoms with Gasteiger partial charge in [0, 0.05) is 19.0 Å². The molecule has 1 aliphatic carbocycles. The molecule has 50 heavy (non-hydrogen) atoms. The fraction of sp³-hybridized carbons (Fsp3) is 0.333. The van der Waals surface area contributed by atoms with Crippen molar-refractivity contribution in [3.8, 4) is 0 Å². The summed E-state index contributed by atoms with van der Waals surface area (Å²) in [7, 11) is -4.55. The van der Waals surface area contributed by atoms with E-state index in [0.29, 0.717) is 9.87 Å². The van der Waals surface area contributed by atoms with Gasteiger partial charge in [-0.2, -0.15) is 13.2 Å². The molecule has 264 valence electrons. The van der Waals surface area contributed by atoms with Crippen LogP contribution in [0, 0.1) is 13.8 Å². The van der Waals surface area contributed by atoms with Gasteiger partial charge in [0.25, 0.3) is 10.0 Å². The summed E-state index contributed by atoms with van der Waals surface area (Å²) < 4.78 is 70.7. The van der Waals surface area contributed by atoms with E-state index in [2.05, 4.69) is 5.32 Å². The van der Waals surface area contributed by atoms with Gasteiger partial charge < -0.3 is 10.2 Å². The maximum atomic E-state index is 14.7. The van der Waals surface area contributed by atoms with Gasteiger partial charge in [0.2, 0.25) is 11.8 Å². The highest BCUT2D eigenvalue weighted by Gasteiger charge is 2.37. The van der Waals surface area contributed by atoms with Gasteiger partial charge in [-0.25, -0.2) is 8.42 Å². The maximum Gasteiger partial charge on any atom is 0.416 e. The van der Waals surface area contributed by atoms with E-state index in [4.69, 9.17) is 0 Å². The van der Waals surface area contributed by atoms with E-state index in [1.54, 1.807) is 19.1 Å². The van der Waals surface area contributed by atoms with Crippen LogP contribution in [0.5, 0.6) is 0 Å². The second kappa shape index (κ2) is 15.9. The molecule has 5 rings (SSSR count). The minimum absolute atomic E-state index is 0.0306. The lowest BCUT2D eigenvalue weighted by Gasteiger charge is -2.35. The Balaban J connectivity index is 1.60. The van der Waals surface area contributed by atoms with Gasteiger partial charge in [0.05, 0.1) is 16.1 Å². The Bertz CT molecular complexity index is 1880. The molecule has 0 heterocycles. The van der Waals surface area contributed by atoms with Crippen LogP contribution in [0.4, 0.5) is 18.9 Å². The zero-order chi connectivity index (χ0) is 35.9. The highest BCUT2D eigenvalue weighted by atomic mass is 32.2. The number of sulfonamides is 1. The molecule has 7 nitrogen and oxygen atoms in total. The highest BCUT2D eigenvalue weighted by Crippen LogP contribution is 2.33. The van der Waals surface area contributed by atoms with Crippen molar-refractivity contribution in [1.29, 1.82) is 0 Å². The van der Waals surface area contributed by atoms with E-state index in [-0.39, 0.29) is 35.5 Å². The van der Waals surface area contributed by atoms with Crippen LogP contribution < -0.4 is 9.62 Å². The molecule has 1 N–H and O–H groups in total. The van der Waals surface area contributed by atoms with Crippen LogP contribution in [-0.4, -0.2) is 43.8 Å². The number of aryl methyl sites for hydroxylation is 2. The van der Waals surface area contributed by atoms with Crippen molar-refractivity contribution in [2.75, 3.05) is 10.8 Å². The Morgan fingerprint density at radius 1 is 0.800 bits per heavy atom. The molecule has 0 spiro atoms. The summed E-state index contributed by atoms with van der Waals surface area (Å²) in [5.74, 6) is -1.10. The molecule has 0 aromatic heterocycles. The average Bonchev–Trinajstić information content (AvgIpc) is 3.09. The highest BCUT2D eigenvalue weighted by molar-refractivity contribution is 7.92. The number of carbonyl (C=O) groups is 2. The first kappa shape index (κ1) is 36.6. The lowest BCUT2D eigenvalue weighted by Crippen LogP contribution is -2.55. The molecule has 1 atom stereocenters. The number of rotatable bonds is 12. The second-order valence-corrected chi connectivity index (χ2v) is 14.8. The molecule has 0 aliphatic heterocycles. The molecule has 0 bridgehead atoms. The predicted octanol–water partition coefficient (Wildman–Crippen LogP) is 7.61. The summed E-state index contributed by atoms with van der Waals surface area (Å²) in [6.45, 7) is 2.80. The van der Waals surface area contributed by atoms with Gasteiger partial charge in [-0.1, -0.05) is 103 Å². The molecule has 1 saturated carbocycles. The number of carbonyl (C=O) groups excluding carboxylic acids is 2. The quantitative estimate of drug-likeness (QED) is 0.165. The lowest BCUT2D eigenvalue weighted by atomic mass is 9.94. The molecule has 4 aromatic rings. The van der Waals surface area contributed by atoms with E-state index in [1.807, 2.05) is 61.5 Å². The summed E-state index contributed by atoms with van der Waals surface area (Å²) in [5, 5.41) is 3.15. The number of halogens is 3. The van der Waals surface area contributed by atoms with Crippen molar-refractivity contribution in [1.82, 2.24) is 10.2 Å². The summed E-state index contributed by atoms with van der Waals surface area (Å²) in [4.78, 5) is 30.1. The summed E-state index contributed by atoms with van der Waals surface area (Å²) in [5.41, 5.74) is 1.83. The maximum absolute atomic E-state index is 14.7. The number of nitrogens with zero attached hydrogens (tertiary/aromatic N) is 2. The minimum Gasteiger partial charge on any atom is -0.352 e. The number of hydrogen-bond donors (Lipinski definition) is 1. The van der Waals surface area contributed by atoms with E-state index in [1.165, 1.54) is 23.1 Å². The van der Waals surface area contributed by atoms with Gasteiger partial charge in [0.1, 0.15) is 12.6 Å². The Hall–Kier alpha value is -4.64. The van der Waals surface area contributed by atoms with Gasteiger partial charge in [-0.05, 0) is 68.1 Å². The molecule has 2 amide bonds. The van der Waals surface area contributed by atoms with E-state index in [9.17, 15) is 31.2 Å². The molecule has 11 heteroatoms. The molecular weight excluding hydrogens is 664 g/mol. The number of amides is 2. The Morgan fingerprint density at radius 3 is 2.12 bits per heavy atom.